The standard InChI is InChI=1S/C19H17N3O2S/c1-5-8-21-18(23)16(25-19(21)24)11-15-10-13(3)22(14(15)4)17-9-12(2)6-7-20-17/h1,6-7,9-11H,8H2,2-4H3/b16-11-. The zero-order valence-corrected chi connectivity index (χ0v) is 15.1. The number of aromatic nitrogens is 2. The molecule has 2 aromatic heterocycles. The van der Waals surface area contributed by atoms with Crippen molar-refractivity contribution in [3.63, 3.8) is 0 Å². The number of imide groups is 1. The van der Waals surface area contributed by atoms with Crippen molar-refractivity contribution in [3.8, 4) is 18.2 Å². The van der Waals surface area contributed by atoms with Gasteiger partial charge in [-0.05, 0) is 67.9 Å². The van der Waals surface area contributed by atoms with Crippen LogP contribution in [0.25, 0.3) is 11.9 Å². The number of thioether (sulfide) groups is 1. The minimum Gasteiger partial charge on any atom is -0.303 e. The van der Waals surface area contributed by atoms with Crippen molar-refractivity contribution in [3.05, 3.63) is 51.8 Å². The van der Waals surface area contributed by atoms with Gasteiger partial charge >= 0.3 is 0 Å². The molecule has 1 saturated heterocycles. The van der Waals surface area contributed by atoms with Gasteiger partial charge in [0, 0.05) is 17.6 Å². The molecule has 2 aromatic rings. The first-order valence-electron chi connectivity index (χ1n) is 7.73. The smallest absolute Gasteiger partial charge is 0.294 e. The molecule has 1 fully saturated rings. The molecule has 1 aliphatic rings. The third kappa shape index (κ3) is 3.11. The van der Waals surface area contributed by atoms with Crippen LogP contribution in [0.3, 0.4) is 0 Å². The average molecular weight is 351 g/mol. The lowest BCUT2D eigenvalue weighted by molar-refractivity contribution is -0.122. The van der Waals surface area contributed by atoms with Gasteiger partial charge in [-0.15, -0.1) is 6.42 Å². The van der Waals surface area contributed by atoms with Gasteiger partial charge in [-0.1, -0.05) is 5.92 Å². The third-order valence-corrected chi connectivity index (χ3v) is 4.92. The molecule has 0 spiro atoms. The summed E-state index contributed by atoms with van der Waals surface area (Å²) >= 11 is 0.917. The van der Waals surface area contributed by atoms with Crippen molar-refractivity contribution >= 4 is 29.0 Å². The Morgan fingerprint density at radius 1 is 1.28 bits per heavy atom. The topological polar surface area (TPSA) is 55.2 Å². The molecule has 0 N–H and O–H groups in total. The molecule has 0 unspecified atom stereocenters. The van der Waals surface area contributed by atoms with E-state index in [0.29, 0.717) is 4.91 Å². The summed E-state index contributed by atoms with van der Waals surface area (Å²) in [5.74, 6) is 2.83. The maximum atomic E-state index is 12.3. The lowest BCUT2D eigenvalue weighted by atomic mass is 10.2. The van der Waals surface area contributed by atoms with Crippen molar-refractivity contribution in [1.82, 2.24) is 14.5 Å². The second-order valence-electron chi connectivity index (χ2n) is 5.83. The average Bonchev–Trinajstić information content (AvgIpc) is 2.98. The van der Waals surface area contributed by atoms with Gasteiger partial charge in [-0.3, -0.25) is 14.5 Å². The number of hydrogen-bond donors (Lipinski definition) is 0. The van der Waals surface area contributed by atoms with Crippen LogP contribution < -0.4 is 0 Å². The highest BCUT2D eigenvalue weighted by molar-refractivity contribution is 8.18. The molecular weight excluding hydrogens is 334 g/mol. The predicted octanol–water partition coefficient (Wildman–Crippen LogP) is 3.47. The van der Waals surface area contributed by atoms with Crippen molar-refractivity contribution in [2.24, 2.45) is 0 Å². The summed E-state index contributed by atoms with van der Waals surface area (Å²) in [4.78, 5) is 30.1. The Hall–Kier alpha value is -2.78. The SMILES string of the molecule is C#CCN1C(=O)S/C(=C\c2cc(C)n(-c3cc(C)ccn3)c2C)C1=O. The Kier molecular flexibility index (Phi) is 4.51. The maximum absolute atomic E-state index is 12.3. The number of amides is 2. The Balaban J connectivity index is 2.01. The van der Waals surface area contributed by atoms with Crippen molar-refractivity contribution in [2.45, 2.75) is 20.8 Å². The quantitative estimate of drug-likeness (QED) is 0.628. The zero-order chi connectivity index (χ0) is 18.1. The van der Waals surface area contributed by atoms with Crippen LogP contribution in [-0.4, -0.2) is 32.1 Å². The number of rotatable bonds is 3. The number of pyridine rings is 1. The van der Waals surface area contributed by atoms with Crippen LogP contribution in [-0.2, 0) is 4.79 Å². The highest BCUT2D eigenvalue weighted by Gasteiger charge is 2.34. The Bertz CT molecular complexity index is 950. The number of carbonyl (C=O) groups excluding carboxylic acids is 2. The molecule has 25 heavy (non-hydrogen) atoms. The van der Waals surface area contributed by atoms with Crippen molar-refractivity contribution in [2.75, 3.05) is 6.54 Å². The van der Waals surface area contributed by atoms with E-state index < -0.39 is 0 Å². The number of nitrogens with zero attached hydrogens (tertiary/aromatic N) is 3. The number of terminal acetylenes is 1. The Labute approximate surface area is 150 Å². The van der Waals surface area contributed by atoms with Gasteiger partial charge in [0.2, 0.25) is 0 Å². The van der Waals surface area contributed by atoms with Gasteiger partial charge in [-0.2, -0.15) is 0 Å². The predicted molar refractivity (Wildman–Crippen MR) is 99.3 cm³/mol. The molecule has 2 amide bonds. The molecule has 0 bridgehead atoms. The van der Waals surface area contributed by atoms with Gasteiger partial charge in [0.15, 0.2) is 0 Å². The van der Waals surface area contributed by atoms with E-state index in [-0.39, 0.29) is 17.7 Å². The molecule has 0 radical (unpaired) electrons. The Morgan fingerprint density at radius 3 is 2.72 bits per heavy atom. The highest BCUT2D eigenvalue weighted by atomic mass is 32.2. The van der Waals surface area contributed by atoms with E-state index in [1.807, 2.05) is 43.5 Å². The molecule has 0 saturated carbocycles. The molecule has 5 nitrogen and oxygen atoms in total. The van der Waals surface area contributed by atoms with Crippen LogP contribution in [0.5, 0.6) is 0 Å². The van der Waals surface area contributed by atoms with E-state index in [4.69, 9.17) is 6.42 Å². The maximum Gasteiger partial charge on any atom is 0.294 e. The first kappa shape index (κ1) is 17.1. The fraction of sp³-hybridized carbons (Fsp3) is 0.211. The minimum atomic E-state index is -0.341. The Morgan fingerprint density at radius 2 is 2.04 bits per heavy atom. The van der Waals surface area contributed by atoms with Gasteiger partial charge in [0.1, 0.15) is 5.82 Å². The molecule has 6 heteroatoms. The summed E-state index contributed by atoms with van der Waals surface area (Å²) in [6.45, 7) is 5.96. The van der Waals surface area contributed by atoms with Crippen LogP contribution in [0.15, 0.2) is 29.3 Å². The van der Waals surface area contributed by atoms with E-state index >= 15 is 0 Å². The van der Waals surface area contributed by atoms with E-state index in [2.05, 4.69) is 10.9 Å². The van der Waals surface area contributed by atoms with Gasteiger partial charge in [-0.25, -0.2) is 4.98 Å². The summed E-state index contributed by atoms with van der Waals surface area (Å²) in [6.07, 6.45) is 8.74. The van der Waals surface area contributed by atoms with Crippen LogP contribution in [0.4, 0.5) is 4.79 Å². The number of aryl methyl sites for hydroxylation is 2. The molecule has 126 valence electrons. The fourth-order valence-corrected chi connectivity index (χ4v) is 3.63. The molecule has 0 atom stereocenters. The monoisotopic (exact) mass is 351 g/mol. The molecule has 0 aliphatic carbocycles. The number of carbonyl (C=O) groups is 2. The van der Waals surface area contributed by atoms with Crippen molar-refractivity contribution < 1.29 is 9.59 Å². The van der Waals surface area contributed by atoms with Gasteiger partial charge in [0.25, 0.3) is 11.1 Å². The van der Waals surface area contributed by atoms with E-state index in [1.54, 1.807) is 12.3 Å². The minimum absolute atomic E-state index is 0.00571. The second-order valence-corrected chi connectivity index (χ2v) is 6.82. The normalized spacial score (nSPS) is 15.9. The summed E-state index contributed by atoms with van der Waals surface area (Å²) in [5.41, 5.74) is 3.96. The van der Waals surface area contributed by atoms with Crippen LogP contribution in [0.2, 0.25) is 0 Å². The zero-order valence-electron chi connectivity index (χ0n) is 14.2. The molecule has 3 heterocycles. The van der Waals surface area contributed by atoms with Crippen molar-refractivity contribution in [1.29, 1.82) is 0 Å². The van der Waals surface area contributed by atoms with Crippen LogP contribution in [0, 0.1) is 33.1 Å². The van der Waals surface area contributed by atoms with Gasteiger partial charge < -0.3 is 4.57 Å². The van der Waals surface area contributed by atoms with E-state index in [0.717, 1.165) is 45.0 Å². The third-order valence-electron chi connectivity index (χ3n) is 4.01. The summed E-state index contributed by atoms with van der Waals surface area (Å²) in [7, 11) is 0. The lowest BCUT2D eigenvalue weighted by Crippen LogP contribution is -2.28. The van der Waals surface area contributed by atoms with E-state index in [1.165, 1.54) is 0 Å². The lowest BCUT2D eigenvalue weighted by Gasteiger charge is -2.09. The van der Waals surface area contributed by atoms with Crippen LogP contribution in [0.1, 0.15) is 22.5 Å². The largest absolute Gasteiger partial charge is 0.303 e. The second kappa shape index (κ2) is 6.61. The summed E-state index contributed by atoms with van der Waals surface area (Å²) in [5, 5.41) is -0.330. The fourth-order valence-electron chi connectivity index (χ4n) is 2.80. The van der Waals surface area contributed by atoms with Gasteiger partial charge in [0.05, 0.1) is 11.4 Å². The molecule has 3 rings (SSSR count). The van der Waals surface area contributed by atoms with E-state index in [9.17, 15) is 9.59 Å². The van der Waals surface area contributed by atoms with Crippen LogP contribution >= 0.6 is 11.8 Å². The summed E-state index contributed by atoms with van der Waals surface area (Å²) in [6, 6.07) is 5.93. The first-order chi connectivity index (χ1) is 11.9. The summed E-state index contributed by atoms with van der Waals surface area (Å²) < 4.78 is 2.03. The highest BCUT2D eigenvalue weighted by Crippen LogP contribution is 2.33. The number of hydrogen-bond acceptors (Lipinski definition) is 4. The molecule has 0 aromatic carbocycles. The molecule has 1 aliphatic heterocycles. The first-order valence-corrected chi connectivity index (χ1v) is 8.55. The molecular formula is C19H17N3O2S.